The number of rotatable bonds is 5. The van der Waals surface area contributed by atoms with Gasteiger partial charge in [0.1, 0.15) is 0 Å². The molecule has 0 atom stereocenters. The lowest BCUT2D eigenvalue weighted by atomic mass is 10.2. The van der Waals surface area contributed by atoms with Crippen LogP contribution in [0.2, 0.25) is 19.1 Å². The molecule has 0 saturated carbocycles. The average Bonchev–Trinajstić information content (AvgIpc) is 2.19. The number of hydrogen-bond donors (Lipinski definition) is 0. The molecule has 14 heavy (non-hydrogen) atoms. The van der Waals surface area contributed by atoms with Crippen LogP contribution >= 0.6 is 0 Å². The van der Waals surface area contributed by atoms with Gasteiger partial charge in [0, 0.05) is 6.61 Å². The van der Waals surface area contributed by atoms with E-state index in [1.165, 1.54) is 11.6 Å². The molecule has 78 valence electrons. The minimum atomic E-state index is -1.33. The van der Waals surface area contributed by atoms with Crippen molar-refractivity contribution >= 4 is 8.32 Å². The number of hydrogen-bond acceptors (Lipinski definition) is 1. The highest BCUT2D eigenvalue weighted by Gasteiger charge is 2.18. The summed E-state index contributed by atoms with van der Waals surface area (Å²) in [7, 11) is -1.33. The first-order valence-electron chi connectivity index (χ1n) is 5.32. The van der Waals surface area contributed by atoms with Crippen LogP contribution in [0.3, 0.4) is 0 Å². The lowest BCUT2D eigenvalue weighted by Crippen LogP contribution is -2.29. The molecular weight excluding hydrogens is 188 g/mol. The van der Waals surface area contributed by atoms with E-state index in [1.807, 2.05) is 0 Å². The monoisotopic (exact) mass is 208 g/mol. The quantitative estimate of drug-likeness (QED) is 0.673. The van der Waals surface area contributed by atoms with Crippen LogP contribution in [-0.4, -0.2) is 14.9 Å². The summed E-state index contributed by atoms with van der Waals surface area (Å²) in [5.74, 6) is 0. The van der Waals surface area contributed by atoms with E-state index >= 15 is 0 Å². The predicted molar refractivity (Wildman–Crippen MR) is 64.1 cm³/mol. The molecule has 1 aromatic rings. The van der Waals surface area contributed by atoms with Crippen molar-refractivity contribution in [1.29, 1.82) is 0 Å². The third-order valence-corrected chi connectivity index (χ3v) is 5.27. The van der Waals surface area contributed by atoms with E-state index in [0.29, 0.717) is 0 Å². The third kappa shape index (κ3) is 4.07. The van der Waals surface area contributed by atoms with E-state index in [9.17, 15) is 0 Å². The molecule has 0 radical (unpaired) electrons. The number of benzene rings is 1. The van der Waals surface area contributed by atoms with Crippen LogP contribution in [0.4, 0.5) is 0 Å². The first-order valence-corrected chi connectivity index (χ1v) is 8.43. The Balaban J connectivity index is 2.29. The summed E-state index contributed by atoms with van der Waals surface area (Å²) in [6, 6.07) is 11.7. The van der Waals surface area contributed by atoms with Crippen molar-refractivity contribution in [2.45, 2.75) is 32.5 Å². The summed E-state index contributed by atoms with van der Waals surface area (Å²) >= 11 is 0. The molecule has 0 aliphatic rings. The minimum absolute atomic E-state index is 0.872. The maximum atomic E-state index is 5.92. The maximum absolute atomic E-state index is 5.92. The Morgan fingerprint density at radius 3 is 2.36 bits per heavy atom. The van der Waals surface area contributed by atoms with Crippen molar-refractivity contribution in [2.24, 2.45) is 0 Å². The van der Waals surface area contributed by atoms with Gasteiger partial charge in [-0.1, -0.05) is 37.3 Å². The van der Waals surface area contributed by atoms with Crippen molar-refractivity contribution in [1.82, 2.24) is 0 Å². The zero-order valence-electron chi connectivity index (χ0n) is 9.42. The van der Waals surface area contributed by atoms with Crippen LogP contribution in [0.25, 0.3) is 0 Å². The molecule has 0 bridgehead atoms. The Morgan fingerprint density at radius 2 is 1.79 bits per heavy atom. The van der Waals surface area contributed by atoms with Crippen molar-refractivity contribution in [3.05, 3.63) is 35.9 Å². The molecule has 0 aliphatic carbocycles. The molecule has 0 spiro atoms. The van der Waals surface area contributed by atoms with Crippen molar-refractivity contribution < 1.29 is 4.43 Å². The van der Waals surface area contributed by atoms with Gasteiger partial charge in [-0.15, -0.1) is 0 Å². The molecule has 0 heterocycles. The molecule has 0 aliphatic heterocycles. The second-order valence-corrected chi connectivity index (χ2v) is 8.71. The topological polar surface area (TPSA) is 9.23 Å². The standard InChI is InChI=1S/C12H20OSi/c1-4-14(2,3)13-11-10-12-8-6-5-7-9-12/h5-9H,4,10-11H2,1-3H3. The van der Waals surface area contributed by atoms with Gasteiger partial charge < -0.3 is 4.43 Å². The van der Waals surface area contributed by atoms with Gasteiger partial charge in [0.25, 0.3) is 0 Å². The van der Waals surface area contributed by atoms with Crippen LogP contribution in [0.5, 0.6) is 0 Å². The summed E-state index contributed by atoms with van der Waals surface area (Å²) in [5.41, 5.74) is 1.37. The SMILES string of the molecule is CC[Si](C)(C)OCCc1ccccc1. The lowest BCUT2D eigenvalue weighted by molar-refractivity contribution is 0.312. The molecule has 0 saturated heterocycles. The van der Waals surface area contributed by atoms with Crippen LogP contribution in [0.15, 0.2) is 30.3 Å². The van der Waals surface area contributed by atoms with Gasteiger partial charge in [-0.2, -0.15) is 0 Å². The van der Waals surface area contributed by atoms with Gasteiger partial charge in [-0.05, 0) is 31.1 Å². The Bertz CT molecular complexity index is 256. The first kappa shape index (κ1) is 11.5. The second-order valence-electron chi connectivity index (χ2n) is 4.20. The highest BCUT2D eigenvalue weighted by molar-refractivity contribution is 6.71. The second kappa shape index (κ2) is 5.32. The minimum Gasteiger partial charge on any atom is -0.417 e. The summed E-state index contributed by atoms with van der Waals surface area (Å²) in [5, 5.41) is 0. The lowest BCUT2D eigenvalue weighted by Gasteiger charge is -2.20. The van der Waals surface area contributed by atoms with Crippen LogP contribution in [0.1, 0.15) is 12.5 Å². The molecule has 0 aromatic heterocycles. The fraction of sp³-hybridized carbons (Fsp3) is 0.500. The molecule has 0 unspecified atom stereocenters. The summed E-state index contributed by atoms with van der Waals surface area (Å²) in [4.78, 5) is 0. The van der Waals surface area contributed by atoms with Gasteiger partial charge in [-0.25, -0.2) is 0 Å². The molecule has 1 aromatic carbocycles. The molecule has 0 fully saturated rings. The zero-order chi connectivity index (χ0) is 10.4. The largest absolute Gasteiger partial charge is 0.417 e. The molecular formula is C12H20OSi. The average molecular weight is 208 g/mol. The fourth-order valence-electron chi connectivity index (χ4n) is 1.19. The van der Waals surface area contributed by atoms with Gasteiger partial charge >= 0.3 is 0 Å². The van der Waals surface area contributed by atoms with E-state index in [4.69, 9.17) is 4.43 Å². The molecule has 2 heteroatoms. The third-order valence-electron chi connectivity index (χ3n) is 2.58. The first-order chi connectivity index (χ1) is 6.64. The van der Waals surface area contributed by atoms with Crippen LogP contribution in [0, 0.1) is 0 Å². The highest BCUT2D eigenvalue weighted by Crippen LogP contribution is 2.10. The molecule has 0 amide bonds. The Labute approximate surface area is 88.2 Å². The summed E-state index contributed by atoms with van der Waals surface area (Å²) in [6.45, 7) is 7.64. The van der Waals surface area contributed by atoms with Crippen molar-refractivity contribution in [2.75, 3.05) is 6.61 Å². The van der Waals surface area contributed by atoms with E-state index in [1.54, 1.807) is 0 Å². The van der Waals surface area contributed by atoms with E-state index < -0.39 is 8.32 Å². The van der Waals surface area contributed by atoms with Crippen molar-refractivity contribution in [3.63, 3.8) is 0 Å². The maximum Gasteiger partial charge on any atom is 0.186 e. The van der Waals surface area contributed by atoms with Crippen LogP contribution < -0.4 is 0 Å². The Kier molecular flexibility index (Phi) is 4.36. The van der Waals surface area contributed by atoms with E-state index in [2.05, 4.69) is 50.3 Å². The van der Waals surface area contributed by atoms with Crippen molar-refractivity contribution in [3.8, 4) is 0 Å². The predicted octanol–water partition coefficient (Wildman–Crippen LogP) is 3.47. The summed E-state index contributed by atoms with van der Waals surface area (Å²) in [6.07, 6.45) is 1.04. The zero-order valence-corrected chi connectivity index (χ0v) is 10.4. The van der Waals surface area contributed by atoms with Crippen LogP contribution in [-0.2, 0) is 10.8 Å². The smallest absolute Gasteiger partial charge is 0.186 e. The molecule has 1 rings (SSSR count). The molecule has 0 N–H and O–H groups in total. The van der Waals surface area contributed by atoms with Gasteiger partial charge in [-0.3, -0.25) is 0 Å². The van der Waals surface area contributed by atoms with E-state index in [0.717, 1.165) is 13.0 Å². The summed E-state index contributed by atoms with van der Waals surface area (Å²) < 4.78 is 5.92. The highest BCUT2D eigenvalue weighted by atomic mass is 28.4. The van der Waals surface area contributed by atoms with Gasteiger partial charge in [0.2, 0.25) is 0 Å². The van der Waals surface area contributed by atoms with E-state index in [-0.39, 0.29) is 0 Å². The van der Waals surface area contributed by atoms with Gasteiger partial charge in [0.15, 0.2) is 8.32 Å². The normalized spacial score (nSPS) is 11.6. The Morgan fingerprint density at radius 1 is 1.14 bits per heavy atom. The fourth-order valence-corrected chi connectivity index (χ4v) is 2.05. The molecule has 1 nitrogen and oxygen atoms in total. The van der Waals surface area contributed by atoms with Gasteiger partial charge in [0.05, 0.1) is 0 Å². The Hall–Kier alpha value is -0.603.